The van der Waals surface area contributed by atoms with Gasteiger partial charge in [-0.2, -0.15) is 0 Å². The van der Waals surface area contributed by atoms with Crippen molar-refractivity contribution in [2.45, 2.75) is 38.6 Å². The van der Waals surface area contributed by atoms with E-state index in [-0.39, 0.29) is 18.0 Å². The van der Waals surface area contributed by atoms with Crippen LogP contribution >= 0.6 is 0 Å². The van der Waals surface area contributed by atoms with Crippen LogP contribution in [0.25, 0.3) is 0 Å². The van der Waals surface area contributed by atoms with Gasteiger partial charge in [0, 0.05) is 6.42 Å². The van der Waals surface area contributed by atoms with Crippen LogP contribution in [0, 0.1) is 5.82 Å². The van der Waals surface area contributed by atoms with Crippen molar-refractivity contribution in [2.24, 2.45) is 0 Å². The maximum atomic E-state index is 13.7. The van der Waals surface area contributed by atoms with Crippen molar-refractivity contribution in [3.63, 3.8) is 0 Å². The predicted molar refractivity (Wildman–Crippen MR) is 76.5 cm³/mol. The first-order valence-corrected chi connectivity index (χ1v) is 7.06. The molecule has 20 heavy (non-hydrogen) atoms. The molecule has 1 heterocycles. The van der Waals surface area contributed by atoms with E-state index in [9.17, 15) is 9.18 Å². The Morgan fingerprint density at radius 1 is 1.35 bits per heavy atom. The first kappa shape index (κ1) is 15.0. The van der Waals surface area contributed by atoms with Crippen LogP contribution in [0.15, 0.2) is 18.2 Å². The van der Waals surface area contributed by atoms with E-state index in [0.717, 1.165) is 25.9 Å². The summed E-state index contributed by atoms with van der Waals surface area (Å²) in [5.74, 6) is -0.0826. The summed E-state index contributed by atoms with van der Waals surface area (Å²) in [5.41, 5.74) is 0.216. The summed E-state index contributed by atoms with van der Waals surface area (Å²) >= 11 is 0. The van der Waals surface area contributed by atoms with Crippen LogP contribution in [-0.2, 0) is 11.2 Å². The number of ether oxygens (including phenoxy) is 1. The number of rotatable bonds is 5. The van der Waals surface area contributed by atoms with Gasteiger partial charge < -0.3 is 4.74 Å². The lowest BCUT2D eigenvalue weighted by molar-refractivity contribution is -0.128. The SMILES string of the molecule is COc1ccc(CC(=O)C(C)(C)N2CCCC2)cc1F. The van der Waals surface area contributed by atoms with Gasteiger partial charge in [0.05, 0.1) is 12.6 Å². The van der Waals surface area contributed by atoms with Gasteiger partial charge in [0.25, 0.3) is 0 Å². The molecule has 0 spiro atoms. The van der Waals surface area contributed by atoms with Crippen LogP contribution in [0.5, 0.6) is 5.75 Å². The molecule has 0 aliphatic carbocycles. The molecule has 0 atom stereocenters. The summed E-state index contributed by atoms with van der Waals surface area (Å²) in [5, 5.41) is 0. The molecule has 1 aliphatic rings. The van der Waals surface area contributed by atoms with Gasteiger partial charge in [-0.15, -0.1) is 0 Å². The van der Waals surface area contributed by atoms with Crippen LogP contribution in [-0.4, -0.2) is 36.4 Å². The summed E-state index contributed by atoms with van der Waals surface area (Å²) < 4.78 is 18.5. The Labute approximate surface area is 119 Å². The first-order chi connectivity index (χ1) is 9.45. The fraction of sp³-hybridized carbons (Fsp3) is 0.562. The van der Waals surface area contributed by atoms with E-state index in [0.29, 0.717) is 5.56 Å². The van der Waals surface area contributed by atoms with Crippen molar-refractivity contribution in [3.05, 3.63) is 29.6 Å². The van der Waals surface area contributed by atoms with Crippen molar-refractivity contribution in [1.29, 1.82) is 0 Å². The Morgan fingerprint density at radius 3 is 2.55 bits per heavy atom. The van der Waals surface area contributed by atoms with E-state index in [1.165, 1.54) is 13.2 Å². The third-order valence-electron chi connectivity index (χ3n) is 4.16. The normalized spacial score (nSPS) is 16.4. The number of nitrogens with zero attached hydrogens (tertiary/aromatic N) is 1. The molecule has 1 fully saturated rings. The zero-order chi connectivity index (χ0) is 14.8. The number of ketones is 1. The van der Waals surface area contributed by atoms with E-state index in [4.69, 9.17) is 4.74 Å². The minimum atomic E-state index is -0.479. The molecule has 110 valence electrons. The smallest absolute Gasteiger partial charge is 0.165 e. The van der Waals surface area contributed by atoms with Crippen molar-refractivity contribution in [2.75, 3.05) is 20.2 Å². The van der Waals surface area contributed by atoms with Gasteiger partial charge in [-0.1, -0.05) is 6.07 Å². The van der Waals surface area contributed by atoms with Crippen LogP contribution in [0.2, 0.25) is 0 Å². The fourth-order valence-electron chi connectivity index (χ4n) is 2.67. The molecule has 0 amide bonds. The van der Waals surface area contributed by atoms with Gasteiger partial charge in [0.2, 0.25) is 0 Å². The average molecular weight is 279 g/mol. The Morgan fingerprint density at radius 2 is 2.00 bits per heavy atom. The molecule has 1 aromatic carbocycles. The minimum absolute atomic E-state index is 0.129. The van der Waals surface area contributed by atoms with Crippen molar-refractivity contribution < 1.29 is 13.9 Å². The molecule has 0 unspecified atom stereocenters. The van der Waals surface area contributed by atoms with E-state index < -0.39 is 11.4 Å². The van der Waals surface area contributed by atoms with Crippen LogP contribution < -0.4 is 4.74 Å². The second-order valence-corrected chi connectivity index (χ2v) is 5.82. The molecule has 2 rings (SSSR count). The van der Waals surface area contributed by atoms with Crippen LogP contribution in [0.1, 0.15) is 32.3 Å². The molecular weight excluding hydrogens is 257 g/mol. The topological polar surface area (TPSA) is 29.5 Å². The van der Waals surface area contributed by atoms with E-state index in [2.05, 4.69) is 4.90 Å². The van der Waals surface area contributed by atoms with Crippen molar-refractivity contribution >= 4 is 5.78 Å². The van der Waals surface area contributed by atoms with Gasteiger partial charge in [0.1, 0.15) is 0 Å². The number of hydrogen-bond donors (Lipinski definition) is 0. The Balaban J connectivity index is 2.08. The number of carbonyl (C=O) groups is 1. The number of carbonyl (C=O) groups excluding carboxylic acids is 1. The lowest BCUT2D eigenvalue weighted by Gasteiger charge is -2.34. The van der Waals surface area contributed by atoms with E-state index in [1.807, 2.05) is 13.8 Å². The number of methoxy groups -OCH3 is 1. The number of hydrogen-bond acceptors (Lipinski definition) is 3. The lowest BCUT2D eigenvalue weighted by atomic mass is 9.92. The van der Waals surface area contributed by atoms with Gasteiger partial charge >= 0.3 is 0 Å². The van der Waals surface area contributed by atoms with Crippen LogP contribution in [0.4, 0.5) is 4.39 Å². The number of benzene rings is 1. The maximum absolute atomic E-state index is 13.7. The highest BCUT2D eigenvalue weighted by Crippen LogP contribution is 2.24. The zero-order valence-corrected chi connectivity index (χ0v) is 12.4. The lowest BCUT2D eigenvalue weighted by Crippen LogP contribution is -2.49. The molecule has 0 N–H and O–H groups in total. The third-order valence-corrected chi connectivity index (χ3v) is 4.16. The molecule has 0 bridgehead atoms. The number of likely N-dealkylation sites (tertiary alicyclic amines) is 1. The fourth-order valence-corrected chi connectivity index (χ4v) is 2.67. The summed E-state index contributed by atoms with van der Waals surface area (Å²) in [6, 6.07) is 4.71. The third kappa shape index (κ3) is 3.01. The second kappa shape index (κ2) is 5.92. The van der Waals surface area contributed by atoms with Gasteiger partial charge in [0.15, 0.2) is 17.3 Å². The number of halogens is 1. The highest BCUT2D eigenvalue weighted by molar-refractivity contribution is 5.89. The maximum Gasteiger partial charge on any atom is 0.165 e. The average Bonchev–Trinajstić information content (AvgIpc) is 2.93. The quantitative estimate of drug-likeness (QED) is 0.830. The molecule has 0 saturated carbocycles. The Hall–Kier alpha value is -1.42. The summed E-state index contributed by atoms with van der Waals surface area (Å²) in [6.45, 7) is 5.85. The monoisotopic (exact) mass is 279 g/mol. The summed E-state index contributed by atoms with van der Waals surface area (Å²) in [4.78, 5) is 14.7. The molecule has 1 aliphatic heterocycles. The minimum Gasteiger partial charge on any atom is -0.494 e. The Bertz CT molecular complexity index is 493. The standard InChI is InChI=1S/C16H22FNO2/c1-16(2,18-8-4-5-9-18)15(19)11-12-6-7-14(20-3)13(17)10-12/h6-7,10H,4-5,8-9,11H2,1-3H3. The molecule has 1 aromatic rings. The first-order valence-electron chi connectivity index (χ1n) is 7.06. The van der Waals surface area contributed by atoms with Gasteiger partial charge in [-0.3, -0.25) is 9.69 Å². The molecule has 0 aromatic heterocycles. The highest BCUT2D eigenvalue weighted by atomic mass is 19.1. The van der Waals surface area contributed by atoms with Gasteiger partial charge in [-0.25, -0.2) is 4.39 Å². The number of Topliss-reactive ketones (excluding diaryl/α,β-unsaturated/α-hetero) is 1. The van der Waals surface area contributed by atoms with E-state index >= 15 is 0 Å². The molecular formula is C16H22FNO2. The van der Waals surface area contributed by atoms with Crippen molar-refractivity contribution in [1.82, 2.24) is 4.90 Å². The summed E-state index contributed by atoms with van der Waals surface area (Å²) in [6.07, 6.45) is 2.55. The van der Waals surface area contributed by atoms with Crippen LogP contribution in [0.3, 0.4) is 0 Å². The van der Waals surface area contributed by atoms with Crippen molar-refractivity contribution in [3.8, 4) is 5.75 Å². The van der Waals surface area contributed by atoms with E-state index in [1.54, 1.807) is 12.1 Å². The Kier molecular flexibility index (Phi) is 4.43. The predicted octanol–water partition coefficient (Wildman–Crippen LogP) is 2.82. The largest absolute Gasteiger partial charge is 0.494 e. The molecule has 3 nitrogen and oxygen atoms in total. The second-order valence-electron chi connectivity index (χ2n) is 5.82. The molecule has 4 heteroatoms. The highest BCUT2D eigenvalue weighted by Gasteiger charge is 2.35. The van der Waals surface area contributed by atoms with Gasteiger partial charge in [-0.05, 0) is 57.5 Å². The zero-order valence-electron chi connectivity index (χ0n) is 12.4. The molecule has 1 saturated heterocycles. The molecule has 0 radical (unpaired) electrons. The summed E-state index contributed by atoms with van der Waals surface area (Å²) in [7, 11) is 1.43.